The van der Waals surface area contributed by atoms with Crippen LogP contribution in [-0.2, 0) is 16.0 Å². The van der Waals surface area contributed by atoms with Gasteiger partial charge in [0.25, 0.3) is 0 Å². The van der Waals surface area contributed by atoms with Crippen LogP contribution in [0, 0.1) is 5.92 Å². The van der Waals surface area contributed by atoms with Gasteiger partial charge in [-0.1, -0.05) is 44.2 Å². The Kier molecular flexibility index (Phi) is 3.80. The molecule has 1 fully saturated rings. The second kappa shape index (κ2) is 5.34. The lowest BCUT2D eigenvalue weighted by Gasteiger charge is -2.26. The number of hydrogen-bond acceptors (Lipinski definition) is 2. The summed E-state index contributed by atoms with van der Waals surface area (Å²) < 4.78 is 0. The van der Waals surface area contributed by atoms with E-state index in [0.29, 0.717) is 18.8 Å². The Morgan fingerprint density at radius 2 is 2.00 bits per heavy atom. The molecule has 0 aliphatic carbocycles. The molecule has 1 aromatic carbocycles. The molecule has 0 radical (unpaired) electrons. The van der Waals surface area contributed by atoms with Crippen molar-refractivity contribution in [3.8, 4) is 0 Å². The number of imide groups is 1. The molecule has 0 aromatic heterocycles. The highest BCUT2D eigenvalue weighted by Crippen LogP contribution is 2.25. The molecule has 0 bridgehead atoms. The monoisotopic (exact) mass is 245 g/mol. The minimum atomic E-state index is -0.0672. The summed E-state index contributed by atoms with van der Waals surface area (Å²) in [7, 11) is 0. The third kappa shape index (κ3) is 2.61. The summed E-state index contributed by atoms with van der Waals surface area (Å²) in [4.78, 5) is 25.6. The molecule has 1 aliphatic rings. The van der Waals surface area contributed by atoms with Crippen molar-refractivity contribution in [2.45, 2.75) is 39.2 Å². The van der Waals surface area contributed by atoms with Gasteiger partial charge in [0.05, 0.1) is 6.42 Å². The Hall–Kier alpha value is -1.64. The number of carbonyl (C=O) groups is 2. The van der Waals surface area contributed by atoms with Crippen LogP contribution < -0.4 is 0 Å². The first-order chi connectivity index (χ1) is 8.59. The van der Waals surface area contributed by atoms with Crippen LogP contribution in [0.25, 0.3) is 0 Å². The zero-order valence-electron chi connectivity index (χ0n) is 10.9. The minimum Gasteiger partial charge on any atom is -0.279 e. The SMILES string of the molecule is CC(C)[C@H]1CCC(=O)N1C(=O)Cc1ccccc1. The number of benzene rings is 1. The van der Waals surface area contributed by atoms with E-state index < -0.39 is 0 Å². The molecule has 1 saturated heterocycles. The fourth-order valence-electron chi connectivity index (χ4n) is 2.52. The van der Waals surface area contributed by atoms with Crippen molar-refractivity contribution in [2.24, 2.45) is 5.92 Å². The number of nitrogens with zero attached hydrogens (tertiary/aromatic N) is 1. The van der Waals surface area contributed by atoms with Crippen molar-refractivity contribution in [1.29, 1.82) is 0 Å². The molecule has 2 amide bonds. The maximum absolute atomic E-state index is 12.2. The highest BCUT2D eigenvalue weighted by Gasteiger charge is 2.36. The van der Waals surface area contributed by atoms with Crippen molar-refractivity contribution in [2.75, 3.05) is 0 Å². The van der Waals surface area contributed by atoms with Crippen molar-refractivity contribution >= 4 is 11.8 Å². The molecule has 96 valence electrons. The van der Waals surface area contributed by atoms with Crippen molar-refractivity contribution < 1.29 is 9.59 Å². The van der Waals surface area contributed by atoms with Crippen LogP contribution >= 0.6 is 0 Å². The van der Waals surface area contributed by atoms with E-state index >= 15 is 0 Å². The van der Waals surface area contributed by atoms with Gasteiger partial charge in [0.2, 0.25) is 11.8 Å². The van der Waals surface area contributed by atoms with E-state index in [4.69, 9.17) is 0 Å². The Labute approximate surface area is 108 Å². The molecule has 0 N–H and O–H groups in total. The van der Waals surface area contributed by atoms with Gasteiger partial charge in [-0.15, -0.1) is 0 Å². The van der Waals surface area contributed by atoms with E-state index in [-0.39, 0.29) is 17.9 Å². The summed E-state index contributed by atoms with van der Waals surface area (Å²) >= 11 is 0. The predicted octanol–water partition coefficient (Wildman–Crippen LogP) is 2.40. The van der Waals surface area contributed by atoms with E-state index in [1.165, 1.54) is 4.90 Å². The van der Waals surface area contributed by atoms with Crippen molar-refractivity contribution in [3.05, 3.63) is 35.9 Å². The van der Waals surface area contributed by atoms with E-state index in [9.17, 15) is 9.59 Å². The first-order valence-corrected chi connectivity index (χ1v) is 6.48. The molecule has 2 rings (SSSR count). The van der Waals surface area contributed by atoms with E-state index in [1.807, 2.05) is 30.3 Å². The molecule has 3 heteroatoms. The molecule has 1 aromatic rings. The fraction of sp³-hybridized carbons (Fsp3) is 0.467. The third-order valence-corrected chi connectivity index (χ3v) is 3.49. The van der Waals surface area contributed by atoms with Gasteiger partial charge >= 0.3 is 0 Å². The van der Waals surface area contributed by atoms with Gasteiger partial charge in [-0.05, 0) is 17.9 Å². The molecular formula is C15H19NO2. The lowest BCUT2D eigenvalue weighted by molar-refractivity contribution is -0.144. The molecular weight excluding hydrogens is 226 g/mol. The topological polar surface area (TPSA) is 37.4 Å². The average molecular weight is 245 g/mol. The highest BCUT2D eigenvalue weighted by atomic mass is 16.2. The van der Waals surface area contributed by atoms with Gasteiger partial charge in [-0.3, -0.25) is 14.5 Å². The van der Waals surface area contributed by atoms with E-state index in [2.05, 4.69) is 13.8 Å². The van der Waals surface area contributed by atoms with Gasteiger partial charge in [0.1, 0.15) is 0 Å². The summed E-state index contributed by atoms with van der Waals surface area (Å²) in [6.07, 6.45) is 1.62. The van der Waals surface area contributed by atoms with Crippen LogP contribution in [0.1, 0.15) is 32.3 Å². The number of hydrogen-bond donors (Lipinski definition) is 0. The Morgan fingerprint density at radius 3 is 2.61 bits per heavy atom. The van der Waals surface area contributed by atoms with Crippen molar-refractivity contribution in [1.82, 2.24) is 4.90 Å². The van der Waals surface area contributed by atoms with Crippen LogP contribution in [-0.4, -0.2) is 22.8 Å². The highest BCUT2D eigenvalue weighted by molar-refractivity contribution is 5.98. The Balaban J connectivity index is 2.10. The van der Waals surface area contributed by atoms with Crippen molar-refractivity contribution in [3.63, 3.8) is 0 Å². The van der Waals surface area contributed by atoms with Crippen LogP contribution in [0.4, 0.5) is 0 Å². The summed E-state index contributed by atoms with van der Waals surface area (Å²) in [5, 5.41) is 0. The molecule has 18 heavy (non-hydrogen) atoms. The lowest BCUT2D eigenvalue weighted by Crippen LogP contribution is -2.42. The van der Waals surface area contributed by atoms with Crippen LogP contribution in [0.15, 0.2) is 30.3 Å². The number of carbonyl (C=O) groups excluding carboxylic acids is 2. The third-order valence-electron chi connectivity index (χ3n) is 3.49. The minimum absolute atomic E-state index is 0.0189. The summed E-state index contributed by atoms with van der Waals surface area (Å²) in [5.41, 5.74) is 0.963. The number of rotatable bonds is 3. The molecule has 0 unspecified atom stereocenters. The van der Waals surface area contributed by atoms with Crippen LogP contribution in [0.3, 0.4) is 0 Å². The maximum Gasteiger partial charge on any atom is 0.233 e. The molecule has 1 aliphatic heterocycles. The lowest BCUT2D eigenvalue weighted by atomic mass is 10.0. The zero-order valence-corrected chi connectivity index (χ0v) is 10.9. The smallest absolute Gasteiger partial charge is 0.233 e. The van der Waals surface area contributed by atoms with Gasteiger partial charge in [-0.2, -0.15) is 0 Å². The summed E-state index contributed by atoms with van der Waals surface area (Å²) in [6, 6.07) is 9.66. The normalized spacial score (nSPS) is 19.6. The first kappa shape index (κ1) is 12.8. The Morgan fingerprint density at radius 1 is 1.33 bits per heavy atom. The number of likely N-dealkylation sites (tertiary alicyclic amines) is 1. The average Bonchev–Trinajstić information content (AvgIpc) is 2.72. The van der Waals surface area contributed by atoms with Gasteiger partial charge in [0, 0.05) is 12.5 Å². The predicted molar refractivity (Wildman–Crippen MR) is 69.9 cm³/mol. The molecule has 0 saturated carbocycles. The van der Waals surface area contributed by atoms with E-state index in [0.717, 1.165) is 12.0 Å². The van der Waals surface area contributed by atoms with Gasteiger partial charge < -0.3 is 0 Å². The second-order valence-corrected chi connectivity index (χ2v) is 5.17. The van der Waals surface area contributed by atoms with Crippen LogP contribution in [0.2, 0.25) is 0 Å². The Bertz CT molecular complexity index is 439. The quantitative estimate of drug-likeness (QED) is 0.820. The maximum atomic E-state index is 12.2. The number of amides is 2. The van der Waals surface area contributed by atoms with E-state index in [1.54, 1.807) is 0 Å². The molecule has 3 nitrogen and oxygen atoms in total. The van der Waals surface area contributed by atoms with Gasteiger partial charge in [-0.25, -0.2) is 0 Å². The fourth-order valence-corrected chi connectivity index (χ4v) is 2.52. The summed E-state index contributed by atoms with van der Waals surface area (Å²) in [5.74, 6) is 0.244. The van der Waals surface area contributed by atoms with Crippen LogP contribution in [0.5, 0.6) is 0 Å². The molecule has 1 heterocycles. The standard InChI is InChI=1S/C15H19NO2/c1-11(2)13-8-9-14(17)16(13)15(18)10-12-6-4-3-5-7-12/h3-7,11,13H,8-10H2,1-2H3/t13-/m1/s1. The molecule has 1 atom stereocenters. The zero-order chi connectivity index (χ0) is 13.1. The largest absolute Gasteiger partial charge is 0.279 e. The summed E-state index contributed by atoms with van der Waals surface area (Å²) in [6.45, 7) is 4.12. The first-order valence-electron chi connectivity index (χ1n) is 6.48. The molecule has 0 spiro atoms. The van der Waals surface area contributed by atoms with Gasteiger partial charge in [0.15, 0.2) is 0 Å². The second-order valence-electron chi connectivity index (χ2n) is 5.17.